The summed E-state index contributed by atoms with van der Waals surface area (Å²) >= 11 is 7.55. The summed E-state index contributed by atoms with van der Waals surface area (Å²) in [5, 5.41) is 1.30. The quantitative estimate of drug-likeness (QED) is 0.576. The lowest BCUT2D eigenvalue weighted by Crippen LogP contribution is -2.40. The number of halogens is 1. The molecular formula is C21H21ClN2O3S. The number of fused-ring (bicyclic) bond motifs is 1. The van der Waals surface area contributed by atoms with Gasteiger partial charge in [0.25, 0.3) is 5.91 Å². The van der Waals surface area contributed by atoms with Gasteiger partial charge in [0.15, 0.2) is 11.7 Å². The van der Waals surface area contributed by atoms with Crippen LogP contribution in [-0.4, -0.2) is 36.8 Å². The molecule has 0 aliphatic carbocycles. The van der Waals surface area contributed by atoms with Gasteiger partial charge in [-0.2, -0.15) is 0 Å². The molecule has 0 bridgehead atoms. The van der Waals surface area contributed by atoms with Crippen molar-refractivity contribution >= 4 is 44.2 Å². The number of carbonyl (C=O) groups excluding carboxylic acids is 1. The van der Waals surface area contributed by atoms with Crippen molar-refractivity contribution in [2.75, 3.05) is 24.7 Å². The summed E-state index contributed by atoms with van der Waals surface area (Å²) < 4.78 is 12.4. The number of carbonyl (C=O) groups is 1. The molecule has 1 aliphatic heterocycles. The molecule has 1 atom stereocenters. The number of thiazole rings is 1. The summed E-state index contributed by atoms with van der Waals surface area (Å²) in [4.78, 5) is 19.3. The van der Waals surface area contributed by atoms with Crippen LogP contribution in [0, 0.1) is 6.92 Å². The standard InChI is InChI=1S/C21H21ClN2O3S/c1-14-4-7-16(8-5-14)27-13-20(25)24(12-17-3-2-10-26-17)21-23-18-9-6-15(22)11-19(18)28-21/h4-9,11,17H,2-3,10,12-13H2,1H3. The Hall–Kier alpha value is -2.15. The van der Waals surface area contributed by atoms with E-state index < -0.39 is 0 Å². The van der Waals surface area contributed by atoms with Gasteiger partial charge in [0.1, 0.15) is 5.75 Å². The van der Waals surface area contributed by atoms with E-state index in [2.05, 4.69) is 4.98 Å². The van der Waals surface area contributed by atoms with Crippen molar-refractivity contribution in [3.8, 4) is 5.75 Å². The Labute approximate surface area is 172 Å². The molecule has 0 radical (unpaired) electrons. The van der Waals surface area contributed by atoms with Crippen LogP contribution >= 0.6 is 22.9 Å². The van der Waals surface area contributed by atoms with Crippen LogP contribution in [0.1, 0.15) is 18.4 Å². The predicted molar refractivity (Wildman–Crippen MR) is 113 cm³/mol. The van der Waals surface area contributed by atoms with Gasteiger partial charge in [0.2, 0.25) is 0 Å². The van der Waals surface area contributed by atoms with Crippen LogP contribution < -0.4 is 9.64 Å². The van der Waals surface area contributed by atoms with Crippen LogP contribution in [0.5, 0.6) is 5.75 Å². The van der Waals surface area contributed by atoms with E-state index in [4.69, 9.17) is 21.1 Å². The lowest BCUT2D eigenvalue weighted by molar-refractivity contribution is -0.120. The maximum atomic E-state index is 13.0. The number of hydrogen-bond donors (Lipinski definition) is 0. The average molecular weight is 417 g/mol. The third kappa shape index (κ3) is 4.46. The number of aryl methyl sites for hydroxylation is 1. The van der Waals surface area contributed by atoms with Gasteiger partial charge in [0, 0.05) is 11.6 Å². The molecule has 7 heteroatoms. The lowest BCUT2D eigenvalue weighted by atomic mass is 10.2. The minimum Gasteiger partial charge on any atom is -0.484 e. The van der Waals surface area contributed by atoms with Crippen molar-refractivity contribution in [2.45, 2.75) is 25.9 Å². The Balaban J connectivity index is 1.54. The summed E-state index contributed by atoms with van der Waals surface area (Å²) in [5.74, 6) is 0.535. The first-order valence-electron chi connectivity index (χ1n) is 9.26. The van der Waals surface area contributed by atoms with Crippen LogP contribution in [-0.2, 0) is 9.53 Å². The van der Waals surface area contributed by atoms with Crippen LogP contribution in [0.2, 0.25) is 5.02 Å². The van der Waals surface area contributed by atoms with E-state index in [9.17, 15) is 4.79 Å². The first-order chi connectivity index (χ1) is 13.6. The van der Waals surface area contributed by atoms with Crippen LogP contribution in [0.4, 0.5) is 5.13 Å². The second-order valence-corrected chi connectivity index (χ2v) is 8.30. The topological polar surface area (TPSA) is 51.7 Å². The van der Waals surface area contributed by atoms with Gasteiger partial charge in [-0.25, -0.2) is 4.98 Å². The molecule has 2 aromatic carbocycles. The number of nitrogens with zero attached hydrogens (tertiary/aromatic N) is 2. The zero-order valence-electron chi connectivity index (χ0n) is 15.6. The van der Waals surface area contributed by atoms with Crippen LogP contribution in [0.25, 0.3) is 10.2 Å². The smallest absolute Gasteiger partial charge is 0.266 e. The Bertz CT molecular complexity index is 967. The Kier molecular flexibility index (Phi) is 5.80. The average Bonchev–Trinajstić information content (AvgIpc) is 3.34. The SMILES string of the molecule is Cc1ccc(OCC(=O)N(CC2CCCO2)c2nc3ccc(Cl)cc3s2)cc1. The van der Waals surface area contributed by atoms with Gasteiger partial charge < -0.3 is 9.47 Å². The highest BCUT2D eigenvalue weighted by Gasteiger charge is 2.26. The molecule has 2 heterocycles. The van der Waals surface area contributed by atoms with E-state index in [-0.39, 0.29) is 18.6 Å². The number of aromatic nitrogens is 1. The van der Waals surface area contributed by atoms with Crippen molar-refractivity contribution in [3.63, 3.8) is 0 Å². The lowest BCUT2D eigenvalue weighted by Gasteiger charge is -2.23. The third-order valence-electron chi connectivity index (χ3n) is 4.66. The summed E-state index contributed by atoms with van der Waals surface area (Å²) in [6.07, 6.45) is 1.99. The van der Waals surface area contributed by atoms with Crippen molar-refractivity contribution in [2.24, 2.45) is 0 Å². The third-order valence-corrected chi connectivity index (χ3v) is 5.94. The Morgan fingerprint density at radius 2 is 2.14 bits per heavy atom. The van der Waals surface area contributed by atoms with E-state index in [0.717, 1.165) is 35.2 Å². The molecule has 1 saturated heterocycles. The number of rotatable bonds is 6. The molecule has 1 aliphatic rings. The van der Waals surface area contributed by atoms with E-state index in [1.54, 1.807) is 11.0 Å². The van der Waals surface area contributed by atoms with E-state index in [0.29, 0.717) is 22.4 Å². The fourth-order valence-electron chi connectivity index (χ4n) is 3.14. The molecular weight excluding hydrogens is 396 g/mol. The molecule has 0 spiro atoms. The molecule has 3 aromatic rings. The maximum Gasteiger partial charge on any atom is 0.266 e. The molecule has 146 valence electrons. The fraction of sp³-hybridized carbons (Fsp3) is 0.333. The van der Waals surface area contributed by atoms with Gasteiger partial charge in [0.05, 0.1) is 22.9 Å². The summed E-state index contributed by atoms with van der Waals surface area (Å²) in [5.41, 5.74) is 1.97. The molecule has 0 saturated carbocycles. The zero-order chi connectivity index (χ0) is 19.5. The minimum atomic E-state index is -0.138. The highest BCUT2D eigenvalue weighted by Crippen LogP contribution is 2.31. The second-order valence-electron chi connectivity index (χ2n) is 6.85. The Morgan fingerprint density at radius 3 is 2.89 bits per heavy atom. The Morgan fingerprint density at radius 1 is 1.32 bits per heavy atom. The van der Waals surface area contributed by atoms with E-state index in [1.165, 1.54) is 11.3 Å². The van der Waals surface area contributed by atoms with Crippen molar-refractivity contribution in [1.82, 2.24) is 4.98 Å². The molecule has 1 aromatic heterocycles. The number of hydrogen-bond acceptors (Lipinski definition) is 5. The maximum absolute atomic E-state index is 13.0. The van der Waals surface area contributed by atoms with E-state index in [1.807, 2.05) is 43.3 Å². The number of anilines is 1. The van der Waals surface area contributed by atoms with Crippen LogP contribution in [0.3, 0.4) is 0 Å². The molecule has 1 amide bonds. The number of amides is 1. The minimum absolute atomic E-state index is 0.0268. The first kappa shape index (κ1) is 19.2. The monoisotopic (exact) mass is 416 g/mol. The second kappa shape index (κ2) is 8.47. The van der Waals surface area contributed by atoms with Crippen molar-refractivity contribution in [1.29, 1.82) is 0 Å². The largest absolute Gasteiger partial charge is 0.484 e. The van der Waals surface area contributed by atoms with Gasteiger partial charge in [-0.05, 0) is 50.1 Å². The number of benzene rings is 2. The fourth-order valence-corrected chi connectivity index (χ4v) is 4.41. The number of ether oxygens (including phenoxy) is 2. The van der Waals surface area contributed by atoms with Gasteiger partial charge in [-0.1, -0.05) is 40.6 Å². The molecule has 4 rings (SSSR count). The normalized spacial score (nSPS) is 16.4. The predicted octanol–water partition coefficient (Wildman–Crippen LogP) is 4.85. The van der Waals surface area contributed by atoms with Gasteiger partial charge in [-0.3, -0.25) is 9.69 Å². The zero-order valence-corrected chi connectivity index (χ0v) is 17.1. The first-order valence-corrected chi connectivity index (χ1v) is 10.5. The molecule has 5 nitrogen and oxygen atoms in total. The summed E-state index contributed by atoms with van der Waals surface area (Å²) in [7, 11) is 0. The van der Waals surface area contributed by atoms with Crippen molar-refractivity contribution in [3.05, 3.63) is 53.1 Å². The van der Waals surface area contributed by atoms with Crippen LogP contribution in [0.15, 0.2) is 42.5 Å². The van der Waals surface area contributed by atoms with Gasteiger partial charge >= 0.3 is 0 Å². The van der Waals surface area contributed by atoms with E-state index >= 15 is 0 Å². The molecule has 28 heavy (non-hydrogen) atoms. The highest BCUT2D eigenvalue weighted by molar-refractivity contribution is 7.22. The summed E-state index contributed by atoms with van der Waals surface area (Å²) in [6, 6.07) is 13.2. The van der Waals surface area contributed by atoms with Crippen molar-refractivity contribution < 1.29 is 14.3 Å². The molecule has 1 unspecified atom stereocenters. The highest BCUT2D eigenvalue weighted by atomic mass is 35.5. The van der Waals surface area contributed by atoms with Gasteiger partial charge in [-0.15, -0.1) is 0 Å². The molecule has 1 fully saturated rings. The molecule has 0 N–H and O–H groups in total. The summed E-state index contributed by atoms with van der Waals surface area (Å²) in [6.45, 7) is 3.18.